The van der Waals surface area contributed by atoms with Crippen molar-refractivity contribution in [1.29, 1.82) is 0 Å². The SMILES string of the molecule is CCCC(CC(C)(F)F)C(=O)OC. The van der Waals surface area contributed by atoms with Gasteiger partial charge in [0.2, 0.25) is 5.92 Å². The predicted molar refractivity (Wildman–Crippen MR) is 45.7 cm³/mol. The molecular formula is C9H16F2O2. The normalized spacial score (nSPS) is 13.9. The Balaban J connectivity index is 4.17. The molecule has 4 heteroatoms. The third-order valence-corrected chi connectivity index (χ3v) is 1.78. The van der Waals surface area contributed by atoms with Crippen LogP contribution in [-0.2, 0) is 9.53 Å². The lowest BCUT2D eigenvalue weighted by molar-refractivity contribution is -0.149. The quantitative estimate of drug-likeness (QED) is 0.629. The van der Waals surface area contributed by atoms with Gasteiger partial charge in [0.05, 0.1) is 13.0 Å². The zero-order chi connectivity index (χ0) is 10.5. The van der Waals surface area contributed by atoms with Gasteiger partial charge in [0.1, 0.15) is 0 Å². The molecule has 0 fully saturated rings. The smallest absolute Gasteiger partial charge is 0.308 e. The van der Waals surface area contributed by atoms with Crippen molar-refractivity contribution in [3.63, 3.8) is 0 Å². The van der Waals surface area contributed by atoms with Gasteiger partial charge in [0.15, 0.2) is 0 Å². The highest BCUT2D eigenvalue weighted by atomic mass is 19.3. The third kappa shape index (κ3) is 5.55. The number of ether oxygens (including phenoxy) is 1. The van der Waals surface area contributed by atoms with Crippen LogP contribution in [0.3, 0.4) is 0 Å². The van der Waals surface area contributed by atoms with Crippen LogP contribution in [0.4, 0.5) is 8.78 Å². The molecule has 13 heavy (non-hydrogen) atoms. The van der Waals surface area contributed by atoms with Crippen molar-refractivity contribution in [3.8, 4) is 0 Å². The van der Waals surface area contributed by atoms with E-state index in [2.05, 4.69) is 4.74 Å². The predicted octanol–water partition coefficient (Wildman–Crippen LogP) is 2.62. The van der Waals surface area contributed by atoms with Crippen molar-refractivity contribution in [2.24, 2.45) is 5.92 Å². The van der Waals surface area contributed by atoms with Crippen LogP contribution < -0.4 is 0 Å². The number of alkyl halides is 2. The number of hydrogen-bond acceptors (Lipinski definition) is 2. The molecule has 0 spiro atoms. The monoisotopic (exact) mass is 194 g/mol. The largest absolute Gasteiger partial charge is 0.469 e. The molecule has 0 N–H and O–H groups in total. The Hall–Kier alpha value is -0.670. The molecule has 0 aliphatic heterocycles. The minimum absolute atomic E-state index is 0.423. The molecule has 0 radical (unpaired) electrons. The molecule has 0 aliphatic carbocycles. The molecule has 1 unspecified atom stereocenters. The van der Waals surface area contributed by atoms with E-state index in [1.165, 1.54) is 7.11 Å². The molecule has 2 nitrogen and oxygen atoms in total. The molecule has 78 valence electrons. The van der Waals surface area contributed by atoms with Crippen molar-refractivity contribution in [2.75, 3.05) is 7.11 Å². The van der Waals surface area contributed by atoms with Gasteiger partial charge in [0, 0.05) is 6.42 Å². The van der Waals surface area contributed by atoms with E-state index in [1.54, 1.807) is 0 Å². The van der Waals surface area contributed by atoms with E-state index in [0.717, 1.165) is 6.92 Å². The van der Waals surface area contributed by atoms with Crippen LogP contribution in [-0.4, -0.2) is 19.0 Å². The molecule has 0 bridgehead atoms. The summed E-state index contributed by atoms with van der Waals surface area (Å²) < 4.78 is 29.6. The second-order valence-electron chi connectivity index (χ2n) is 3.28. The zero-order valence-corrected chi connectivity index (χ0v) is 8.27. The number of carbonyl (C=O) groups excluding carboxylic acids is 1. The zero-order valence-electron chi connectivity index (χ0n) is 8.27. The molecule has 0 aromatic heterocycles. The van der Waals surface area contributed by atoms with Crippen LogP contribution in [0.2, 0.25) is 0 Å². The van der Waals surface area contributed by atoms with Crippen LogP contribution in [0.15, 0.2) is 0 Å². The second kappa shape index (κ2) is 5.14. The Bertz CT molecular complexity index is 163. The molecule has 0 aliphatic rings. The van der Waals surface area contributed by atoms with E-state index >= 15 is 0 Å². The second-order valence-corrected chi connectivity index (χ2v) is 3.28. The molecule has 0 heterocycles. The van der Waals surface area contributed by atoms with Gasteiger partial charge in [-0.2, -0.15) is 0 Å². The summed E-state index contributed by atoms with van der Waals surface area (Å²) >= 11 is 0. The fourth-order valence-corrected chi connectivity index (χ4v) is 1.25. The first-order valence-corrected chi connectivity index (χ1v) is 4.36. The highest BCUT2D eigenvalue weighted by Crippen LogP contribution is 2.26. The van der Waals surface area contributed by atoms with Crippen molar-refractivity contribution in [2.45, 2.75) is 39.0 Å². The van der Waals surface area contributed by atoms with Crippen LogP contribution in [0.25, 0.3) is 0 Å². The summed E-state index contributed by atoms with van der Waals surface area (Å²) in [6.45, 7) is 2.67. The number of methoxy groups -OCH3 is 1. The Morgan fingerprint density at radius 2 is 2.08 bits per heavy atom. The summed E-state index contributed by atoms with van der Waals surface area (Å²) in [5.74, 6) is -4.01. The van der Waals surface area contributed by atoms with E-state index in [0.29, 0.717) is 12.8 Å². The highest BCUT2D eigenvalue weighted by molar-refractivity contribution is 5.72. The molecule has 0 rings (SSSR count). The summed E-state index contributed by atoms with van der Waals surface area (Å²) in [4.78, 5) is 11.0. The molecule has 0 amide bonds. The van der Waals surface area contributed by atoms with E-state index in [4.69, 9.17) is 0 Å². The topological polar surface area (TPSA) is 26.3 Å². The number of hydrogen-bond donors (Lipinski definition) is 0. The Labute approximate surface area is 77.3 Å². The van der Waals surface area contributed by atoms with Crippen molar-refractivity contribution in [1.82, 2.24) is 0 Å². The first-order valence-electron chi connectivity index (χ1n) is 4.36. The average Bonchev–Trinajstić information content (AvgIpc) is 2.00. The van der Waals surface area contributed by atoms with Gasteiger partial charge < -0.3 is 4.74 Å². The first kappa shape index (κ1) is 12.3. The maximum atomic E-state index is 12.6. The van der Waals surface area contributed by atoms with Gasteiger partial charge in [-0.1, -0.05) is 13.3 Å². The lowest BCUT2D eigenvalue weighted by Gasteiger charge is -2.17. The molecular weight excluding hydrogens is 178 g/mol. The maximum absolute atomic E-state index is 12.6. The minimum Gasteiger partial charge on any atom is -0.469 e. The number of rotatable bonds is 5. The Kier molecular flexibility index (Phi) is 4.88. The first-order chi connectivity index (χ1) is 5.90. The van der Waals surface area contributed by atoms with E-state index in [-0.39, 0.29) is 0 Å². The third-order valence-electron chi connectivity index (χ3n) is 1.78. The summed E-state index contributed by atoms with van der Waals surface area (Å²) in [7, 11) is 1.22. The summed E-state index contributed by atoms with van der Waals surface area (Å²) in [5, 5.41) is 0. The molecule has 0 saturated heterocycles. The number of carbonyl (C=O) groups is 1. The Morgan fingerprint density at radius 3 is 2.38 bits per heavy atom. The summed E-state index contributed by atoms with van der Waals surface area (Å²) in [5.41, 5.74) is 0. The fourth-order valence-electron chi connectivity index (χ4n) is 1.25. The van der Waals surface area contributed by atoms with Crippen molar-refractivity contribution < 1.29 is 18.3 Å². The van der Waals surface area contributed by atoms with Crippen LogP contribution in [0.5, 0.6) is 0 Å². The van der Waals surface area contributed by atoms with Gasteiger partial charge in [-0.15, -0.1) is 0 Å². The maximum Gasteiger partial charge on any atom is 0.308 e. The van der Waals surface area contributed by atoms with Gasteiger partial charge in [-0.05, 0) is 13.3 Å². The number of halogens is 2. The molecule has 0 aromatic rings. The highest BCUT2D eigenvalue weighted by Gasteiger charge is 2.30. The van der Waals surface area contributed by atoms with Gasteiger partial charge in [-0.25, -0.2) is 8.78 Å². The van der Waals surface area contributed by atoms with E-state index < -0.39 is 24.2 Å². The van der Waals surface area contributed by atoms with Crippen LogP contribution in [0.1, 0.15) is 33.1 Å². The molecule has 0 saturated carbocycles. The van der Waals surface area contributed by atoms with Crippen LogP contribution >= 0.6 is 0 Å². The molecule has 0 aromatic carbocycles. The lowest BCUT2D eigenvalue weighted by Crippen LogP contribution is -2.24. The average molecular weight is 194 g/mol. The standard InChI is InChI=1S/C9H16F2O2/c1-4-5-7(8(12)13-3)6-9(2,10)11/h7H,4-6H2,1-3H3. The molecule has 1 atom stereocenters. The van der Waals surface area contributed by atoms with Crippen LogP contribution in [0, 0.1) is 5.92 Å². The minimum atomic E-state index is -2.80. The Morgan fingerprint density at radius 1 is 1.54 bits per heavy atom. The van der Waals surface area contributed by atoms with Gasteiger partial charge in [-0.3, -0.25) is 4.79 Å². The fraction of sp³-hybridized carbons (Fsp3) is 0.889. The summed E-state index contributed by atoms with van der Waals surface area (Å²) in [6.07, 6.45) is 0.736. The van der Waals surface area contributed by atoms with Gasteiger partial charge >= 0.3 is 5.97 Å². The van der Waals surface area contributed by atoms with E-state index in [9.17, 15) is 13.6 Å². The van der Waals surface area contributed by atoms with E-state index in [1.807, 2.05) is 6.92 Å². The lowest BCUT2D eigenvalue weighted by atomic mass is 9.97. The summed E-state index contributed by atoms with van der Waals surface area (Å²) in [6, 6.07) is 0. The number of esters is 1. The van der Waals surface area contributed by atoms with Gasteiger partial charge in [0.25, 0.3) is 0 Å². The van der Waals surface area contributed by atoms with Crippen molar-refractivity contribution >= 4 is 5.97 Å². The van der Waals surface area contributed by atoms with Crippen molar-refractivity contribution in [3.05, 3.63) is 0 Å².